The van der Waals surface area contributed by atoms with Crippen molar-refractivity contribution in [2.45, 2.75) is 33.2 Å². The van der Waals surface area contributed by atoms with Gasteiger partial charge in [-0.15, -0.1) is 12.4 Å². The molecule has 0 fully saturated rings. The fourth-order valence-corrected chi connectivity index (χ4v) is 2.68. The van der Waals surface area contributed by atoms with Crippen LogP contribution in [-0.2, 0) is 0 Å². The fraction of sp³-hybridized carbons (Fsp3) is 0.588. The number of benzene rings is 1. The van der Waals surface area contributed by atoms with Gasteiger partial charge in [-0.1, -0.05) is 13.8 Å². The summed E-state index contributed by atoms with van der Waals surface area (Å²) in [5, 5.41) is 0. The molecule has 1 amide bonds. The van der Waals surface area contributed by atoms with Gasteiger partial charge < -0.3 is 20.1 Å². The number of nitrogens with two attached hydrogens (primary N) is 1. The second kappa shape index (κ2) is 10.8. The van der Waals surface area contributed by atoms with Crippen LogP contribution in [0.25, 0.3) is 0 Å². The van der Waals surface area contributed by atoms with E-state index in [0.717, 1.165) is 6.42 Å². The Hall–Kier alpha value is -0.980. The van der Waals surface area contributed by atoms with Crippen LogP contribution in [0.5, 0.6) is 11.5 Å². The van der Waals surface area contributed by atoms with E-state index in [-0.39, 0.29) is 24.4 Å². The van der Waals surface area contributed by atoms with Crippen molar-refractivity contribution >= 4 is 34.2 Å². The van der Waals surface area contributed by atoms with Gasteiger partial charge in [0.15, 0.2) is 11.5 Å². The van der Waals surface area contributed by atoms with Crippen LogP contribution in [0.15, 0.2) is 16.6 Å². The molecular weight excluding hydrogens is 396 g/mol. The van der Waals surface area contributed by atoms with Gasteiger partial charge >= 0.3 is 0 Å². The Balaban J connectivity index is 0.00000529. The topological polar surface area (TPSA) is 64.8 Å². The average Bonchev–Trinajstić information content (AvgIpc) is 2.52. The van der Waals surface area contributed by atoms with Crippen LogP contribution in [0.3, 0.4) is 0 Å². The molecular formula is C17H28BrClN2O3. The molecule has 1 aromatic rings. The van der Waals surface area contributed by atoms with E-state index in [1.165, 1.54) is 0 Å². The first kappa shape index (κ1) is 23.0. The number of carbonyl (C=O) groups is 1. The summed E-state index contributed by atoms with van der Waals surface area (Å²) < 4.78 is 11.6. The third-order valence-corrected chi connectivity index (χ3v) is 4.35. The van der Waals surface area contributed by atoms with Crippen LogP contribution in [0.1, 0.15) is 37.6 Å². The standard InChI is InChI=1S/C17H27BrN2O3.ClH/c1-6-23-16-13(18)9-12(10-15(16)22-5)17(21)20(4)8-7-14(19)11(2)3;/h9-11,14H,6-8,19H2,1-5H3;1H. The number of nitrogens with zero attached hydrogens (tertiary/aromatic N) is 1. The van der Waals surface area contributed by atoms with Gasteiger partial charge in [0.1, 0.15) is 0 Å². The minimum absolute atomic E-state index is 0. The Kier molecular flexibility index (Phi) is 10.4. The van der Waals surface area contributed by atoms with Gasteiger partial charge in [-0.25, -0.2) is 0 Å². The summed E-state index contributed by atoms with van der Waals surface area (Å²) in [6.07, 6.45) is 0.773. The maximum atomic E-state index is 12.6. The van der Waals surface area contributed by atoms with E-state index < -0.39 is 0 Å². The lowest BCUT2D eigenvalue weighted by Crippen LogP contribution is -2.34. The monoisotopic (exact) mass is 422 g/mol. The first-order valence-corrected chi connectivity index (χ1v) is 8.62. The lowest BCUT2D eigenvalue weighted by molar-refractivity contribution is 0.0788. The minimum Gasteiger partial charge on any atom is -0.493 e. The highest BCUT2D eigenvalue weighted by molar-refractivity contribution is 9.10. The first-order valence-electron chi connectivity index (χ1n) is 7.83. The van der Waals surface area contributed by atoms with Crippen molar-refractivity contribution in [3.8, 4) is 11.5 Å². The molecule has 2 N–H and O–H groups in total. The van der Waals surface area contributed by atoms with Crippen molar-refractivity contribution in [2.75, 3.05) is 27.3 Å². The predicted molar refractivity (Wildman–Crippen MR) is 104 cm³/mol. The van der Waals surface area contributed by atoms with E-state index >= 15 is 0 Å². The number of hydrogen-bond donors (Lipinski definition) is 1. The molecule has 0 saturated heterocycles. The zero-order chi connectivity index (χ0) is 17.6. The van der Waals surface area contributed by atoms with E-state index in [1.54, 1.807) is 31.2 Å². The molecule has 0 aliphatic heterocycles. The molecule has 1 aromatic carbocycles. The second-order valence-electron chi connectivity index (χ2n) is 5.85. The molecule has 1 unspecified atom stereocenters. The summed E-state index contributed by atoms with van der Waals surface area (Å²) in [6, 6.07) is 3.55. The van der Waals surface area contributed by atoms with Gasteiger partial charge in [-0.3, -0.25) is 4.79 Å². The Labute approximate surface area is 159 Å². The van der Waals surface area contributed by atoms with Crippen LogP contribution in [0, 0.1) is 5.92 Å². The normalized spacial score (nSPS) is 11.7. The van der Waals surface area contributed by atoms with Crippen LogP contribution in [0.2, 0.25) is 0 Å². The van der Waals surface area contributed by atoms with Gasteiger partial charge in [-0.2, -0.15) is 0 Å². The molecule has 0 saturated carbocycles. The molecule has 5 nitrogen and oxygen atoms in total. The molecule has 0 aliphatic carbocycles. The van der Waals surface area contributed by atoms with Crippen LogP contribution >= 0.6 is 28.3 Å². The van der Waals surface area contributed by atoms with E-state index in [2.05, 4.69) is 29.8 Å². The van der Waals surface area contributed by atoms with E-state index in [4.69, 9.17) is 15.2 Å². The molecule has 0 radical (unpaired) electrons. The number of methoxy groups -OCH3 is 1. The highest BCUT2D eigenvalue weighted by Crippen LogP contribution is 2.36. The largest absolute Gasteiger partial charge is 0.493 e. The molecule has 0 spiro atoms. The lowest BCUT2D eigenvalue weighted by atomic mass is 10.0. The lowest BCUT2D eigenvalue weighted by Gasteiger charge is -2.22. The van der Waals surface area contributed by atoms with Crippen LogP contribution in [-0.4, -0.2) is 44.2 Å². The Bertz CT molecular complexity index is 541. The summed E-state index contributed by atoms with van der Waals surface area (Å²) in [7, 11) is 3.34. The summed E-state index contributed by atoms with van der Waals surface area (Å²) in [6.45, 7) is 7.21. The molecule has 0 bridgehead atoms. The Morgan fingerprint density at radius 2 is 2.00 bits per heavy atom. The predicted octanol–water partition coefficient (Wildman–Crippen LogP) is 3.72. The van der Waals surface area contributed by atoms with Gasteiger partial charge in [0.25, 0.3) is 5.91 Å². The van der Waals surface area contributed by atoms with E-state index in [0.29, 0.717) is 40.6 Å². The molecule has 1 atom stereocenters. The highest BCUT2D eigenvalue weighted by Gasteiger charge is 2.19. The fourth-order valence-electron chi connectivity index (χ4n) is 2.13. The molecule has 1 rings (SSSR count). The number of halogens is 2. The number of rotatable bonds is 8. The van der Waals surface area contributed by atoms with Gasteiger partial charge in [0.05, 0.1) is 18.2 Å². The van der Waals surface area contributed by atoms with Gasteiger partial charge in [0, 0.05) is 25.2 Å². The molecule has 24 heavy (non-hydrogen) atoms. The Morgan fingerprint density at radius 3 is 2.50 bits per heavy atom. The summed E-state index contributed by atoms with van der Waals surface area (Å²) in [5.74, 6) is 1.48. The summed E-state index contributed by atoms with van der Waals surface area (Å²) in [4.78, 5) is 14.3. The number of hydrogen-bond acceptors (Lipinski definition) is 4. The third-order valence-electron chi connectivity index (χ3n) is 3.77. The molecule has 7 heteroatoms. The highest BCUT2D eigenvalue weighted by atomic mass is 79.9. The SMILES string of the molecule is CCOc1c(Br)cc(C(=O)N(C)CCC(N)C(C)C)cc1OC.Cl. The summed E-state index contributed by atoms with van der Waals surface area (Å²) in [5.41, 5.74) is 6.60. The number of amides is 1. The van der Waals surface area contributed by atoms with Crippen LogP contribution < -0.4 is 15.2 Å². The van der Waals surface area contributed by atoms with Crippen molar-refractivity contribution in [1.29, 1.82) is 0 Å². The van der Waals surface area contributed by atoms with Gasteiger partial charge in [-0.05, 0) is 47.3 Å². The zero-order valence-electron chi connectivity index (χ0n) is 15.0. The van der Waals surface area contributed by atoms with Crippen molar-refractivity contribution in [3.63, 3.8) is 0 Å². The van der Waals surface area contributed by atoms with E-state index in [9.17, 15) is 4.79 Å². The third kappa shape index (κ3) is 6.15. The maximum absolute atomic E-state index is 12.6. The van der Waals surface area contributed by atoms with Crippen molar-refractivity contribution in [3.05, 3.63) is 22.2 Å². The smallest absolute Gasteiger partial charge is 0.253 e. The number of ether oxygens (including phenoxy) is 2. The quantitative estimate of drug-likeness (QED) is 0.692. The molecule has 0 aliphatic rings. The molecule has 138 valence electrons. The summed E-state index contributed by atoms with van der Waals surface area (Å²) >= 11 is 3.44. The first-order chi connectivity index (χ1) is 10.8. The van der Waals surface area contributed by atoms with Gasteiger partial charge in [0.2, 0.25) is 0 Å². The van der Waals surface area contributed by atoms with Crippen molar-refractivity contribution in [1.82, 2.24) is 4.90 Å². The minimum atomic E-state index is -0.0667. The Morgan fingerprint density at radius 1 is 1.38 bits per heavy atom. The van der Waals surface area contributed by atoms with Crippen molar-refractivity contribution in [2.24, 2.45) is 11.7 Å². The van der Waals surface area contributed by atoms with Crippen molar-refractivity contribution < 1.29 is 14.3 Å². The maximum Gasteiger partial charge on any atom is 0.253 e. The number of carbonyl (C=O) groups excluding carboxylic acids is 1. The van der Waals surface area contributed by atoms with E-state index in [1.807, 2.05) is 6.92 Å². The molecule has 0 heterocycles. The average molecular weight is 424 g/mol. The second-order valence-corrected chi connectivity index (χ2v) is 6.70. The molecule has 0 aromatic heterocycles. The van der Waals surface area contributed by atoms with Crippen LogP contribution in [0.4, 0.5) is 0 Å². The zero-order valence-corrected chi connectivity index (χ0v) is 17.4.